The number of aryl methyl sites for hydroxylation is 1. The van der Waals surface area contributed by atoms with Gasteiger partial charge in [0.05, 0.1) is 12.6 Å². The van der Waals surface area contributed by atoms with Crippen molar-refractivity contribution in [2.24, 2.45) is 0 Å². The summed E-state index contributed by atoms with van der Waals surface area (Å²) in [6, 6.07) is 6.29. The summed E-state index contributed by atoms with van der Waals surface area (Å²) in [5.74, 6) is 0.981. The second-order valence-corrected chi connectivity index (χ2v) is 6.27. The van der Waals surface area contributed by atoms with Crippen molar-refractivity contribution in [3.8, 4) is 5.75 Å². The Labute approximate surface area is 150 Å². The van der Waals surface area contributed by atoms with E-state index in [1.165, 1.54) is 6.92 Å². The van der Waals surface area contributed by atoms with Gasteiger partial charge in [0.25, 0.3) is 5.09 Å². The number of amides is 1. The fraction of sp³-hybridized carbons (Fsp3) is 0.500. The molecule has 138 valence electrons. The summed E-state index contributed by atoms with van der Waals surface area (Å²) in [4.78, 5) is 37.8. The molecular formula is C16H22N2O6S. The number of nitrogens with one attached hydrogen (secondary N) is 1. The summed E-state index contributed by atoms with van der Waals surface area (Å²) in [7, 11) is 0. The SMILES string of the molecule is CSCCC(NC(=O)Oc1cccc(CCCO[N+](=O)[O-])c1)C(C)=O. The number of ketones is 1. The Morgan fingerprint density at radius 2 is 2.16 bits per heavy atom. The number of nitrogens with zero attached hydrogens (tertiary/aromatic N) is 1. The molecule has 0 spiro atoms. The van der Waals surface area contributed by atoms with Crippen LogP contribution in [0.5, 0.6) is 5.75 Å². The highest BCUT2D eigenvalue weighted by Crippen LogP contribution is 2.15. The first kappa shape index (κ1) is 20.8. The van der Waals surface area contributed by atoms with Gasteiger partial charge < -0.3 is 14.9 Å². The minimum Gasteiger partial charge on any atom is -0.410 e. The highest BCUT2D eigenvalue weighted by molar-refractivity contribution is 7.98. The summed E-state index contributed by atoms with van der Waals surface area (Å²) in [6.07, 6.45) is 2.81. The van der Waals surface area contributed by atoms with Crippen LogP contribution in [0.3, 0.4) is 0 Å². The van der Waals surface area contributed by atoms with Gasteiger partial charge in [0.1, 0.15) is 5.75 Å². The van der Waals surface area contributed by atoms with Gasteiger partial charge in [-0.15, -0.1) is 10.1 Å². The predicted octanol–water partition coefficient (Wildman–Crippen LogP) is 2.63. The lowest BCUT2D eigenvalue weighted by Crippen LogP contribution is -2.41. The van der Waals surface area contributed by atoms with E-state index in [1.807, 2.05) is 12.3 Å². The molecule has 0 aliphatic rings. The number of benzene rings is 1. The number of hydrogen-bond donors (Lipinski definition) is 1. The zero-order chi connectivity index (χ0) is 18.7. The summed E-state index contributed by atoms with van der Waals surface area (Å²) in [5, 5.41) is 11.8. The van der Waals surface area contributed by atoms with Crippen molar-refractivity contribution >= 4 is 23.6 Å². The van der Waals surface area contributed by atoms with Gasteiger partial charge in [-0.2, -0.15) is 11.8 Å². The highest BCUT2D eigenvalue weighted by Gasteiger charge is 2.17. The van der Waals surface area contributed by atoms with Crippen LogP contribution in [0.25, 0.3) is 0 Å². The molecule has 0 aliphatic carbocycles. The first-order valence-corrected chi connectivity index (χ1v) is 9.15. The third-order valence-electron chi connectivity index (χ3n) is 3.31. The zero-order valence-corrected chi connectivity index (χ0v) is 15.0. The average Bonchev–Trinajstić information content (AvgIpc) is 2.55. The fourth-order valence-electron chi connectivity index (χ4n) is 2.07. The zero-order valence-electron chi connectivity index (χ0n) is 14.2. The molecule has 1 atom stereocenters. The molecule has 0 radical (unpaired) electrons. The number of thioether (sulfide) groups is 1. The molecule has 1 aromatic carbocycles. The van der Waals surface area contributed by atoms with Gasteiger partial charge in [-0.1, -0.05) is 12.1 Å². The van der Waals surface area contributed by atoms with Gasteiger partial charge >= 0.3 is 6.09 Å². The number of Topliss-reactive ketones (excluding diaryl/α,β-unsaturated/α-hetero) is 1. The number of ether oxygens (including phenoxy) is 1. The lowest BCUT2D eigenvalue weighted by molar-refractivity contribution is -0.757. The van der Waals surface area contributed by atoms with Crippen LogP contribution >= 0.6 is 11.8 Å². The molecule has 1 amide bonds. The molecule has 1 aromatic rings. The first-order valence-electron chi connectivity index (χ1n) is 7.76. The molecule has 1 N–H and O–H groups in total. The molecule has 0 aliphatic heterocycles. The molecule has 0 bridgehead atoms. The monoisotopic (exact) mass is 370 g/mol. The minimum absolute atomic E-state index is 0.00824. The quantitative estimate of drug-likeness (QED) is 0.362. The van der Waals surface area contributed by atoms with Crippen LogP contribution in [-0.2, 0) is 16.1 Å². The summed E-state index contributed by atoms with van der Waals surface area (Å²) in [5.41, 5.74) is 0.864. The Kier molecular flexibility index (Phi) is 9.38. The van der Waals surface area contributed by atoms with Crippen molar-refractivity contribution in [2.75, 3.05) is 18.6 Å². The Morgan fingerprint density at radius 3 is 2.80 bits per heavy atom. The van der Waals surface area contributed by atoms with E-state index in [-0.39, 0.29) is 12.4 Å². The fourth-order valence-corrected chi connectivity index (χ4v) is 2.54. The van der Waals surface area contributed by atoms with Crippen molar-refractivity contribution < 1.29 is 24.3 Å². The number of rotatable bonds is 11. The number of hydrogen-bond acceptors (Lipinski definition) is 7. The smallest absolute Gasteiger partial charge is 0.410 e. The predicted molar refractivity (Wildman–Crippen MR) is 94.3 cm³/mol. The average molecular weight is 370 g/mol. The molecule has 0 fully saturated rings. The summed E-state index contributed by atoms with van der Waals surface area (Å²) < 4.78 is 5.21. The molecule has 0 saturated carbocycles. The highest BCUT2D eigenvalue weighted by atomic mass is 32.2. The van der Waals surface area contributed by atoms with Crippen LogP contribution in [0.1, 0.15) is 25.3 Å². The third kappa shape index (κ3) is 8.94. The van der Waals surface area contributed by atoms with Crippen molar-refractivity contribution in [3.63, 3.8) is 0 Å². The van der Waals surface area contributed by atoms with Crippen molar-refractivity contribution in [2.45, 2.75) is 32.2 Å². The van der Waals surface area contributed by atoms with E-state index < -0.39 is 17.2 Å². The molecule has 1 rings (SSSR count). The standard InChI is InChI=1S/C16H22N2O6S/c1-12(19)15(8-10-25-2)17-16(20)24-14-7-3-5-13(11-14)6-4-9-23-18(21)22/h3,5,7,11,15H,4,6,8-10H2,1-2H3,(H,17,20). The second kappa shape index (κ2) is 11.3. The van der Waals surface area contributed by atoms with E-state index >= 15 is 0 Å². The first-order chi connectivity index (χ1) is 11.9. The van der Waals surface area contributed by atoms with E-state index in [9.17, 15) is 19.7 Å². The van der Waals surface area contributed by atoms with E-state index in [0.29, 0.717) is 25.0 Å². The normalized spacial score (nSPS) is 11.4. The maximum Gasteiger partial charge on any atom is 0.413 e. The topological polar surface area (TPSA) is 108 Å². The molecule has 0 heterocycles. The van der Waals surface area contributed by atoms with Gasteiger partial charge in [0.2, 0.25) is 0 Å². The molecule has 8 nitrogen and oxygen atoms in total. The molecule has 0 saturated heterocycles. The molecule has 25 heavy (non-hydrogen) atoms. The van der Waals surface area contributed by atoms with E-state index in [0.717, 1.165) is 11.3 Å². The van der Waals surface area contributed by atoms with Crippen LogP contribution in [0, 0.1) is 10.1 Å². The largest absolute Gasteiger partial charge is 0.413 e. The van der Waals surface area contributed by atoms with E-state index in [4.69, 9.17) is 4.74 Å². The molecule has 1 unspecified atom stereocenters. The van der Waals surface area contributed by atoms with Gasteiger partial charge in [-0.05, 0) is 55.9 Å². The Balaban J connectivity index is 2.52. The Morgan fingerprint density at radius 1 is 1.40 bits per heavy atom. The van der Waals surface area contributed by atoms with Crippen LogP contribution in [0.2, 0.25) is 0 Å². The Hall–Kier alpha value is -2.29. The molecule has 0 aromatic heterocycles. The second-order valence-electron chi connectivity index (χ2n) is 5.29. The van der Waals surface area contributed by atoms with Gasteiger partial charge in [-0.3, -0.25) is 4.79 Å². The minimum atomic E-state index is -0.827. The van der Waals surface area contributed by atoms with Gasteiger partial charge in [-0.25, -0.2) is 4.79 Å². The van der Waals surface area contributed by atoms with Crippen molar-refractivity contribution in [1.82, 2.24) is 5.32 Å². The van der Waals surface area contributed by atoms with Crippen molar-refractivity contribution in [3.05, 3.63) is 39.9 Å². The number of carbonyl (C=O) groups excluding carboxylic acids is 2. The summed E-state index contributed by atoms with van der Waals surface area (Å²) >= 11 is 1.59. The maximum atomic E-state index is 11.9. The lowest BCUT2D eigenvalue weighted by Gasteiger charge is -2.15. The van der Waals surface area contributed by atoms with E-state index in [1.54, 1.807) is 30.0 Å². The number of carbonyl (C=O) groups is 2. The molecular weight excluding hydrogens is 348 g/mol. The van der Waals surface area contributed by atoms with E-state index in [2.05, 4.69) is 10.2 Å². The van der Waals surface area contributed by atoms with Gasteiger partial charge in [0.15, 0.2) is 5.78 Å². The van der Waals surface area contributed by atoms with Gasteiger partial charge in [0, 0.05) is 0 Å². The maximum absolute atomic E-state index is 11.9. The summed E-state index contributed by atoms with van der Waals surface area (Å²) in [6.45, 7) is 1.44. The Bertz CT molecular complexity index is 596. The van der Waals surface area contributed by atoms with Crippen LogP contribution in [0.4, 0.5) is 4.79 Å². The lowest BCUT2D eigenvalue weighted by atomic mass is 10.1. The van der Waals surface area contributed by atoms with Crippen LogP contribution in [0.15, 0.2) is 24.3 Å². The third-order valence-corrected chi connectivity index (χ3v) is 3.95. The van der Waals surface area contributed by atoms with Crippen LogP contribution < -0.4 is 10.1 Å². The molecule has 9 heteroatoms. The van der Waals surface area contributed by atoms with Crippen molar-refractivity contribution in [1.29, 1.82) is 0 Å². The van der Waals surface area contributed by atoms with Crippen LogP contribution in [-0.4, -0.2) is 41.6 Å².